The molecular formula is C9H12N4O2S2. The number of hydrazone groups is 1. The van der Waals surface area contributed by atoms with Gasteiger partial charge in [0, 0.05) is 5.56 Å². The molecule has 0 radical (unpaired) electrons. The first kappa shape index (κ1) is 13.4. The molecule has 0 spiro atoms. The highest BCUT2D eigenvalue weighted by atomic mass is 32.2. The largest absolute Gasteiger partial charge is 0.375 e. The number of nitrogens with zero attached hydrogens (tertiary/aromatic N) is 1. The van der Waals surface area contributed by atoms with Gasteiger partial charge in [-0.2, -0.15) is 5.10 Å². The van der Waals surface area contributed by atoms with Crippen LogP contribution in [0, 0.1) is 0 Å². The Labute approximate surface area is 105 Å². The van der Waals surface area contributed by atoms with Gasteiger partial charge in [0.25, 0.3) is 0 Å². The maximum absolute atomic E-state index is 11.1. The Morgan fingerprint density at radius 1 is 1.47 bits per heavy atom. The number of para-hydroxylation sites is 1. The second-order valence-electron chi connectivity index (χ2n) is 3.20. The number of rotatable bonds is 4. The summed E-state index contributed by atoms with van der Waals surface area (Å²) in [4.78, 5) is 0. The van der Waals surface area contributed by atoms with Crippen LogP contribution in [0.5, 0.6) is 0 Å². The van der Waals surface area contributed by atoms with Gasteiger partial charge in [-0.1, -0.05) is 18.2 Å². The van der Waals surface area contributed by atoms with Gasteiger partial charge >= 0.3 is 0 Å². The fourth-order valence-corrected chi connectivity index (χ4v) is 1.71. The number of anilines is 1. The topological polar surface area (TPSA) is 96.6 Å². The summed E-state index contributed by atoms with van der Waals surface area (Å²) >= 11 is 4.57. The Kier molecular flexibility index (Phi) is 4.41. The molecule has 0 amide bonds. The van der Waals surface area contributed by atoms with Crippen molar-refractivity contribution < 1.29 is 8.42 Å². The predicted molar refractivity (Wildman–Crippen MR) is 72.4 cm³/mol. The van der Waals surface area contributed by atoms with E-state index in [0.717, 1.165) is 6.26 Å². The molecule has 6 nitrogen and oxygen atoms in total. The van der Waals surface area contributed by atoms with Crippen LogP contribution < -0.4 is 15.9 Å². The van der Waals surface area contributed by atoms with E-state index < -0.39 is 10.0 Å². The fraction of sp³-hybridized carbons (Fsp3) is 0.111. The van der Waals surface area contributed by atoms with Crippen molar-refractivity contribution in [3.8, 4) is 0 Å². The van der Waals surface area contributed by atoms with Crippen LogP contribution in [0.1, 0.15) is 5.56 Å². The quantitative estimate of drug-likeness (QED) is 0.414. The third kappa shape index (κ3) is 5.27. The molecule has 0 saturated carbocycles. The molecule has 0 heterocycles. The normalized spacial score (nSPS) is 11.4. The number of benzene rings is 1. The minimum absolute atomic E-state index is 0.0369. The average Bonchev–Trinajstić information content (AvgIpc) is 2.17. The number of hydrogen-bond donors (Lipinski definition) is 3. The van der Waals surface area contributed by atoms with Gasteiger partial charge in [-0.3, -0.25) is 10.1 Å². The maximum Gasteiger partial charge on any atom is 0.229 e. The van der Waals surface area contributed by atoms with E-state index in [4.69, 9.17) is 5.73 Å². The third-order valence-corrected chi connectivity index (χ3v) is 2.32. The van der Waals surface area contributed by atoms with E-state index in [1.54, 1.807) is 24.3 Å². The van der Waals surface area contributed by atoms with Crippen LogP contribution in [0.25, 0.3) is 0 Å². The zero-order valence-electron chi connectivity index (χ0n) is 9.04. The van der Waals surface area contributed by atoms with Crippen molar-refractivity contribution in [3.05, 3.63) is 29.8 Å². The maximum atomic E-state index is 11.1. The second kappa shape index (κ2) is 5.60. The van der Waals surface area contributed by atoms with Gasteiger partial charge in [0.2, 0.25) is 10.0 Å². The smallest absolute Gasteiger partial charge is 0.229 e. The Balaban J connectivity index is 2.92. The first-order chi connectivity index (χ1) is 7.88. The molecule has 0 fully saturated rings. The van der Waals surface area contributed by atoms with Gasteiger partial charge < -0.3 is 5.73 Å². The molecule has 17 heavy (non-hydrogen) atoms. The number of nitrogens with one attached hydrogen (secondary N) is 2. The molecule has 0 aliphatic rings. The first-order valence-corrected chi connectivity index (χ1v) is 6.84. The minimum Gasteiger partial charge on any atom is -0.375 e. The first-order valence-electron chi connectivity index (χ1n) is 4.54. The summed E-state index contributed by atoms with van der Waals surface area (Å²) in [5.41, 5.74) is 8.61. The summed E-state index contributed by atoms with van der Waals surface area (Å²) in [7, 11) is -3.32. The Morgan fingerprint density at radius 2 is 2.12 bits per heavy atom. The van der Waals surface area contributed by atoms with E-state index in [9.17, 15) is 8.42 Å². The summed E-state index contributed by atoms with van der Waals surface area (Å²) in [6.45, 7) is 0. The molecule has 0 aliphatic carbocycles. The van der Waals surface area contributed by atoms with Crippen LogP contribution in [0.4, 0.5) is 5.69 Å². The van der Waals surface area contributed by atoms with Gasteiger partial charge in [0.15, 0.2) is 5.11 Å². The van der Waals surface area contributed by atoms with Crippen LogP contribution in [0.15, 0.2) is 29.4 Å². The molecule has 0 aromatic heterocycles. The zero-order valence-corrected chi connectivity index (χ0v) is 10.7. The molecule has 92 valence electrons. The SMILES string of the molecule is CS(=O)(=O)Nc1ccccc1C=NNC(N)=S. The summed E-state index contributed by atoms with van der Waals surface area (Å²) < 4.78 is 24.6. The van der Waals surface area contributed by atoms with Crippen LogP contribution in [-0.4, -0.2) is 26.0 Å². The highest BCUT2D eigenvalue weighted by Gasteiger charge is 2.04. The van der Waals surface area contributed by atoms with Gasteiger partial charge in [-0.15, -0.1) is 0 Å². The molecule has 0 unspecified atom stereocenters. The number of nitrogens with two attached hydrogens (primary N) is 1. The average molecular weight is 272 g/mol. The number of hydrogen-bond acceptors (Lipinski definition) is 4. The summed E-state index contributed by atoms with van der Waals surface area (Å²) in [6, 6.07) is 6.81. The monoisotopic (exact) mass is 272 g/mol. The molecule has 0 atom stereocenters. The molecule has 4 N–H and O–H groups in total. The van der Waals surface area contributed by atoms with Crippen molar-refractivity contribution in [1.29, 1.82) is 0 Å². The lowest BCUT2D eigenvalue weighted by Crippen LogP contribution is -2.24. The van der Waals surface area contributed by atoms with Gasteiger partial charge in [-0.05, 0) is 18.3 Å². The van der Waals surface area contributed by atoms with Crippen molar-refractivity contribution in [2.24, 2.45) is 10.8 Å². The lowest BCUT2D eigenvalue weighted by Gasteiger charge is -2.06. The van der Waals surface area contributed by atoms with Crippen molar-refractivity contribution >= 4 is 39.3 Å². The zero-order chi connectivity index (χ0) is 12.9. The van der Waals surface area contributed by atoms with Crippen molar-refractivity contribution in [2.75, 3.05) is 11.0 Å². The standard InChI is InChI=1S/C9H12N4O2S2/c1-17(14,15)13-8-5-3-2-4-7(8)6-11-12-9(10)16/h2-6,13H,1H3,(H3,10,12,16). The van der Waals surface area contributed by atoms with Gasteiger partial charge in [0.05, 0.1) is 18.2 Å². The van der Waals surface area contributed by atoms with E-state index >= 15 is 0 Å². The van der Waals surface area contributed by atoms with Crippen molar-refractivity contribution in [2.45, 2.75) is 0 Å². The Morgan fingerprint density at radius 3 is 2.71 bits per heavy atom. The van der Waals surface area contributed by atoms with Crippen molar-refractivity contribution in [1.82, 2.24) is 5.43 Å². The third-order valence-electron chi connectivity index (χ3n) is 1.63. The van der Waals surface area contributed by atoms with Gasteiger partial charge in [0.1, 0.15) is 0 Å². The Hall–Kier alpha value is -1.67. The summed E-state index contributed by atoms with van der Waals surface area (Å²) in [5, 5.41) is 3.79. The number of sulfonamides is 1. The molecule has 0 aliphatic heterocycles. The van der Waals surface area contributed by atoms with E-state index in [0.29, 0.717) is 11.3 Å². The van der Waals surface area contributed by atoms with Crippen LogP contribution >= 0.6 is 12.2 Å². The molecule has 0 bridgehead atoms. The second-order valence-corrected chi connectivity index (χ2v) is 5.38. The van der Waals surface area contributed by atoms with Gasteiger partial charge in [-0.25, -0.2) is 8.42 Å². The fourth-order valence-electron chi connectivity index (χ4n) is 1.07. The van der Waals surface area contributed by atoms with E-state index in [-0.39, 0.29) is 5.11 Å². The summed E-state index contributed by atoms with van der Waals surface area (Å²) in [5.74, 6) is 0. The highest BCUT2D eigenvalue weighted by Crippen LogP contribution is 2.13. The molecule has 8 heteroatoms. The minimum atomic E-state index is -3.32. The van der Waals surface area contributed by atoms with Crippen LogP contribution in [0.2, 0.25) is 0 Å². The predicted octanol–water partition coefficient (Wildman–Crippen LogP) is 0.225. The Bertz CT molecular complexity index is 540. The molecule has 0 saturated heterocycles. The van der Waals surface area contributed by atoms with Crippen LogP contribution in [0.3, 0.4) is 0 Å². The van der Waals surface area contributed by atoms with E-state index in [1.165, 1.54) is 6.21 Å². The van der Waals surface area contributed by atoms with E-state index in [1.807, 2.05) is 0 Å². The molecule has 1 aromatic rings. The van der Waals surface area contributed by atoms with Crippen LogP contribution in [-0.2, 0) is 10.0 Å². The summed E-state index contributed by atoms with van der Waals surface area (Å²) in [6.07, 6.45) is 2.50. The molecule has 1 aromatic carbocycles. The number of thiocarbonyl (C=S) groups is 1. The highest BCUT2D eigenvalue weighted by molar-refractivity contribution is 7.92. The van der Waals surface area contributed by atoms with Crippen molar-refractivity contribution in [3.63, 3.8) is 0 Å². The molecular weight excluding hydrogens is 260 g/mol. The molecule has 1 rings (SSSR count). The lowest BCUT2D eigenvalue weighted by molar-refractivity contribution is 0.607. The lowest BCUT2D eigenvalue weighted by atomic mass is 10.2. The van der Waals surface area contributed by atoms with E-state index in [2.05, 4.69) is 27.5 Å².